The second-order valence-electron chi connectivity index (χ2n) is 4.26. The zero-order valence-electron chi connectivity index (χ0n) is 9.40. The van der Waals surface area contributed by atoms with Crippen molar-refractivity contribution in [2.75, 3.05) is 18.8 Å². The molecule has 0 aliphatic carbocycles. The molecule has 4 nitrogen and oxygen atoms in total. The van der Waals surface area contributed by atoms with Crippen molar-refractivity contribution in [1.29, 1.82) is 0 Å². The number of hydrogen-bond acceptors (Lipinski definition) is 3. The third-order valence-electron chi connectivity index (χ3n) is 2.98. The molecule has 1 aliphatic heterocycles. The number of likely N-dealkylation sites (tertiary alicyclic amines) is 1. The molecule has 1 aliphatic rings. The van der Waals surface area contributed by atoms with Crippen LogP contribution in [0.4, 0.5) is 5.69 Å². The number of piperidine rings is 1. The number of halogens is 1. The van der Waals surface area contributed by atoms with E-state index >= 15 is 0 Å². The maximum absolute atomic E-state index is 12.2. The molecule has 0 radical (unpaired) electrons. The Morgan fingerprint density at radius 1 is 1.41 bits per heavy atom. The number of aliphatic hydroxyl groups excluding tert-OH is 1. The monoisotopic (exact) mass is 254 g/mol. The minimum absolute atomic E-state index is 0.0955. The zero-order valence-corrected chi connectivity index (χ0v) is 10.2. The highest BCUT2D eigenvalue weighted by atomic mass is 35.5. The summed E-state index contributed by atoms with van der Waals surface area (Å²) in [6.45, 7) is 1.14. The standard InChI is InChI=1S/C12H15ClN2O2/c13-11-7-8(14)1-2-10(11)12(17)15-5-3-9(16)4-6-15/h1-2,7,9,16H,3-6,14H2. The van der Waals surface area contributed by atoms with Crippen LogP contribution in [0.5, 0.6) is 0 Å². The Morgan fingerprint density at radius 3 is 2.65 bits per heavy atom. The number of nitrogens with two attached hydrogens (primary N) is 1. The summed E-state index contributed by atoms with van der Waals surface area (Å²) in [5, 5.41) is 9.77. The summed E-state index contributed by atoms with van der Waals surface area (Å²) in [7, 11) is 0. The highest BCUT2D eigenvalue weighted by Gasteiger charge is 2.23. The van der Waals surface area contributed by atoms with Crippen molar-refractivity contribution in [3.05, 3.63) is 28.8 Å². The molecular weight excluding hydrogens is 240 g/mol. The number of rotatable bonds is 1. The number of carbonyl (C=O) groups excluding carboxylic acids is 1. The molecule has 5 heteroatoms. The van der Waals surface area contributed by atoms with E-state index < -0.39 is 0 Å². The number of carbonyl (C=O) groups is 1. The molecule has 3 N–H and O–H groups in total. The molecule has 2 rings (SSSR count). The van der Waals surface area contributed by atoms with Gasteiger partial charge in [-0.1, -0.05) is 11.6 Å². The predicted molar refractivity (Wildman–Crippen MR) is 67.0 cm³/mol. The molecule has 0 atom stereocenters. The minimum atomic E-state index is -0.291. The van der Waals surface area contributed by atoms with Crippen LogP contribution >= 0.6 is 11.6 Å². The summed E-state index contributed by atoms with van der Waals surface area (Å²) in [6, 6.07) is 4.89. The van der Waals surface area contributed by atoms with E-state index in [0.29, 0.717) is 42.2 Å². The molecular formula is C12H15ClN2O2. The summed E-state index contributed by atoms with van der Waals surface area (Å²) in [6.07, 6.45) is 0.956. The van der Waals surface area contributed by atoms with Crippen molar-refractivity contribution in [2.45, 2.75) is 18.9 Å². The average molecular weight is 255 g/mol. The number of nitrogens with zero attached hydrogens (tertiary/aromatic N) is 1. The van der Waals surface area contributed by atoms with E-state index in [0.717, 1.165) is 0 Å². The number of hydrogen-bond donors (Lipinski definition) is 2. The fourth-order valence-electron chi connectivity index (χ4n) is 1.94. The van der Waals surface area contributed by atoms with Crippen molar-refractivity contribution in [2.24, 2.45) is 0 Å². The molecule has 0 unspecified atom stereocenters. The van der Waals surface area contributed by atoms with Gasteiger partial charge in [0.05, 0.1) is 16.7 Å². The van der Waals surface area contributed by atoms with Gasteiger partial charge in [-0.25, -0.2) is 0 Å². The van der Waals surface area contributed by atoms with E-state index in [4.69, 9.17) is 17.3 Å². The summed E-state index contributed by atoms with van der Waals surface area (Å²) < 4.78 is 0. The first kappa shape index (κ1) is 12.2. The van der Waals surface area contributed by atoms with Crippen LogP contribution in [0.2, 0.25) is 5.02 Å². The topological polar surface area (TPSA) is 66.6 Å². The van der Waals surface area contributed by atoms with Gasteiger partial charge in [0.25, 0.3) is 5.91 Å². The number of anilines is 1. The van der Waals surface area contributed by atoms with Gasteiger partial charge in [-0.05, 0) is 31.0 Å². The van der Waals surface area contributed by atoms with E-state index in [9.17, 15) is 9.90 Å². The highest BCUT2D eigenvalue weighted by Crippen LogP contribution is 2.22. The summed E-state index contributed by atoms with van der Waals surface area (Å²) >= 11 is 6.00. The van der Waals surface area contributed by atoms with Crippen LogP contribution in [-0.4, -0.2) is 35.1 Å². The molecule has 0 bridgehead atoms. The molecule has 1 aromatic carbocycles. The largest absolute Gasteiger partial charge is 0.399 e. The molecule has 1 heterocycles. The van der Waals surface area contributed by atoms with Gasteiger partial charge in [0.2, 0.25) is 0 Å². The molecule has 0 aromatic heterocycles. The SMILES string of the molecule is Nc1ccc(C(=O)N2CCC(O)CC2)c(Cl)c1. The Labute approximate surface area is 105 Å². The first-order valence-corrected chi connectivity index (χ1v) is 5.98. The molecule has 1 aromatic rings. The normalized spacial score (nSPS) is 17.2. The van der Waals surface area contributed by atoms with Crippen LogP contribution in [0.15, 0.2) is 18.2 Å². The van der Waals surface area contributed by atoms with Gasteiger partial charge in [0.1, 0.15) is 0 Å². The van der Waals surface area contributed by atoms with Gasteiger partial charge < -0.3 is 15.7 Å². The van der Waals surface area contributed by atoms with Crippen molar-refractivity contribution >= 4 is 23.2 Å². The second-order valence-corrected chi connectivity index (χ2v) is 4.67. The Balaban J connectivity index is 2.14. The first-order chi connectivity index (χ1) is 8.08. The summed E-state index contributed by atoms with van der Waals surface area (Å²) in [5.74, 6) is -0.0955. The van der Waals surface area contributed by atoms with E-state index in [1.165, 1.54) is 0 Å². The lowest BCUT2D eigenvalue weighted by Gasteiger charge is -2.29. The van der Waals surface area contributed by atoms with Crippen LogP contribution in [-0.2, 0) is 0 Å². The Morgan fingerprint density at radius 2 is 2.06 bits per heavy atom. The number of benzene rings is 1. The van der Waals surface area contributed by atoms with Gasteiger partial charge in [0.15, 0.2) is 0 Å². The summed E-state index contributed by atoms with van der Waals surface area (Å²) in [4.78, 5) is 13.9. The van der Waals surface area contributed by atoms with Crippen molar-refractivity contribution in [1.82, 2.24) is 4.90 Å². The van der Waals surface area contributed by atoms with E-state index in [1.807, 2.05) is 0 Å². The van der Waals surface area contributed by atoms with Gasteiger partial charge in [-0.2, -0.15) is 0 Å². The molecule has 1 amide bonds. The van der Waals surface area contributed by atoms with E-state index in [2.05, 4.69) is 0 Å². The van der Waals surface area contributed by atoms with Gasteiger partial charge in [-0.3, -0.25) is 4.79 Å². The average Bonchev–Trinajstić information content (AvgIpc) is 2.29. The lowest BCUT2D eigenvalue weighted by Crippen LogP contribution is -2.40. The van der Waals surface area contributed by atoms with Crippen molar-refractivity contribution in [3.8, 4) is 0 Å². The van der Waals surface area contributed by atoms with Gasteiger partial charge in [-0.15, -0.1) is 0 Å². The fraction of sp³-hybridized carbons (Fsp3) is 0.417. The number of aliphatic hydroxyl groups is 1. The van der Waals surface area contributed by atoms with E-state index in [1.54, 1.807) is 23.1 Å². The van der Waals surface area contributed by atoms with Crippen LogP contribution in [0.3, 0.4) is 0 Å². The van der Waals surface area contributed by atoms with Crippen molar-refractivity contribution < 1.29 is 9.90 Å². The second kappa shape index (κ2) is 4.94. The third kappa shape index (κ3) is 2.70. The molecule has 92 valence electrons. The quantitative estimate of drug-likeness (QED) is 0.747. The van der Waals surface area contributed by atoms with Gasteiger partial charge >= 0.3 is 0 Å². The van der Waals surface area contributed by atoms with Crippen LogP contribution in [0.1, 0.15) is 23.2 Å². The highest BCUT2D eigenvalue weighted by molar-refractivity contribution is 6.34. The molecule has 1 saturated heterocycles. The molecule has 0 spiro atoms. The first-order valence-electron chi connectivity index (χ1n) is 5.60. The third-order valence-corrected chi connectivity index (χ3v) is 3.29. The minimum Gasteiger partial charge on any atom is -0.399 e. The molecule has 0 saturated carbocycles. The Kier molecular flexibility index (Phi) is 3.54. The maximum Gasteiger partial charge on any atom is 0.255 e. The van der Waals surface area contributed by atoms with Gasteiger partial charge in [0, 0.05) is 18.8 Å². The molecule has 1 fully saturated rings. The van der Waals surface area contributed by atoms with Crippen LogP contribution in [0.25, 0.3) is 0 Å². The lowest BCUT2D eigenvalue weighted by molar-refractivity contribution is 0.0547. The lowest BCUT2D eigenvalue weighted by atomic mass is 10.1. The smallest absolute Gasteiger partial charge is 0.255 e. The van der Waals surface area contributed by atoms with Crippen LogP contribution < -0.4 is 5.73 Å². The number of amides is 1. The Hall–Kier alpha value is -1.26. The van der Waals surface area contributed by atoms with E-state index in [-0.39, 0.29) is 12.0 Å². The molecule has 17 heavy (non-hydrogen) atoms. The number of nitrogen functional groups attached to an aromatic ring is 1. The predicted octanol–water partition coefficient (Wildman–Crippen LogP) is 1.52. The van der Waals surface area contributed by atoms with Crippen molar-refractivity contribution in [3.63, 3.8) is 0 Å². The Bertz CT molecular complexity index is 429. The maximum atomic E-state index is 12.2. The zero-order chi connectivity index (χ0) is 12.4. The summed E-state index contributed by atoms with van der Waals surface area (Å²) in [5.41, 5.74) is 6.59. The van der Waals surface area contributed by atoms with Crippen LogP contribution in [0, 0.1) is 0 Å². The fourth-order valence-corrected chi connectivity index (χ4v) is 2.21.